The fourth-order valence-corrected chi connectivity index (χ4v) is 10.5. The van der Waals surface area contributed by atoms with Gasteiger partial charge < -0.3 is 14.9 Å². The highest BCUT2D eigenvalue weighted by Crippen LogP contribution is 2.82. The first-order valence-electron chi connectivity index (χ1n) is 13.4. The lowest BCUT2D eigenvalue weighted by atomic mass is 9.45. The summed E-state index contributed by atoms with van der Waals surface area (Å²) in [6, 6.07) is 0. The van der Waals surface area contributed by atoms with Gasteiger partial charge in [0.2, 0.25) is 0 Å². The number of ether oxygens (including phenoxy) is 1. The van der Waals surface area contributed by atoms with Crippen molar-refractivity contribution in [3.05, 3.63) is 0 Å². The van der Waals surface area contributed by atoms with E-state index in [1.165, 1.54) is 51.4 Å². The van der Waals surface area contributed by atoms with Gasteiger partial charge >= 0.3 is 0 Å². The molecular weight excluding hydrogens is 384 g/mol. The first kappa shape index (κ1) is 22.7. The third-order valence-electron chi connectivity index (χ3n) is 12.3. The topological polar surface area (TPSA) is 49.7 Å². The first-order chi connectivity index (χ1) is 14.5. The first-order valence-corrected chi connectivity index (χ1v) is 13.4. The van der Waals surface area contributed by atoms with Crippen LogP contribution in [0.2, 0.25) is 0 Å². The molecule has 31 heavy (non-hydrogen) atoms. The SMILES string of the molecule is CO[C@@H]1C[C@H]2[C@@H]3CC[C@H]([C@H](C)CC[C@@H](O)C(C)(C)O)[C@@]3(C)CC[C@@H]2[C@@]2(C)CC[C@H]3C[C@]312. The molecule has 0 unspecified atom stereocenters. The lowest BCUT2D eigenvalue weighted by Gasteiger charge is -2.61. The van der Waals surface area contributed by atoms with Crippen molar-refractivity contribution in [2.45, 2.75) is 117 Å². The van der Waals surface area contributed by atoms with Crippen molar-refractivity contribution in [3.63, 3.8) is 0 Å². The number of hydrogen-bond acceptors (Lipinski definition) is 3. The maximum Gasteiger partial charge on any atom is 0.0849 e. The summed E-state index contributed by atoms with van der Waals surface area (Å²) in [4.78, 5) is 0. The third-order valence-corrected chi connectivity index (χ3v) is 12.3. The summed E-state index contributed by atoms with van der Waals surface area (Å²) < 4.78 is 6.26. The van der Waals surface area contributed by atoms with Gasteiger partial charge in [-0.05, 0) is 124 Å². The van der Waals surface area contributed by atoms with E-state index in [1.54, 1.807) is 13.8 Å². The predicted molar refractivity (Wildman–Crippen MR) is 125 cm³/mol. The van der Waals surface area contributed by atoms with Gasteiger partial charge in [-0.15, -0.1) is 0 Å². The van der Waals surface area contributed by atoms with Crippen LogP contribution in [0.5, 0.6) is 0 Å². The largest absolute Gasteiger partial charge is 0.390 e. The van der Waals surface area contributed by atoms with Gasteiger partial charge in [-0.3, -0.25) is 0 Å². The van der Waals surface area contributed by atoms with Crippen molar-refractivity contribution in [3.8, 4) is 0 Å². The minimum Gasteiger partial charge on any atom is -0.390 e. The molecule has 5 rings (SSSR count). The second-order valence-electron chi connectivity index (χ2n) is 13.7. The minimum atomic E-state index is -0.996. The van der Waals surface area contributed by atoms with Gasteiger partial charge in [0.25, 0.3) is 0 Å². The van der Waals surface area contributed by atoms with E-state index < -0.39 is 11.7 Å². The second-order valence-corrected chi connectivity index (χ2v) is 13.7. The Morgan fingerprint density at radius 3 is 2.42 bits per heavy atom. The van der Waals surface area contributed by atoms with E-state index in [4.69, 9.17) is 4.74 Å². The number of aliphatic hydroxyl groups is 2. The number of aliphatic hydroxyl groups excluding tert-OH is 1. The molecular formula is C28H48O3. The highest BCUT2D eigenvalue weighted by molar-refractivity contribution is 5.26. The number of rotatable bonds is 6. The van der Waals surface area contributed by atoms with E-state index in [1.807, 2.05) is 7.11 Å². The average Bonchev–Trinajstić information content (AvgIpc) is 3.21. The molecule has 5 aliphatic carbocycles. The lowest BCUT2D eigenvalue weighted by molar-refractivity contribution is -0.161. The number of hydrogen-bond donors (Lipinski definition) is 2. The minimum absolute atomic E-state index is 0.445. The zero-order valence-electron chi connectivity index (χ0n) is 21.0. The van der Waals surface area contributed by atoms with E-state index in [0.717, 1.165) is 36.0 Å². The van der Waals surface area contributed by atoms with Gasteiger partial charge in [-0.25, -0.2) is 0 Å². The second kappa shape index (κ2) is 7.19. The molecule has 0 radical (unpaired) electrons. The Hall–Kier alpha value is -0.120. The zero-order chi connectivity index (χ0) is 22.4. The molecule has 178 valence electrons. The number of methoxy groups -OCH3 is 1. The van der Waals surface area contributed by atoms with Gasteiger partial charge in [0.15, 0.2) is 0 Å². The molecule has 0 bridgehead atoms. The van der Waals surface area contributed by atoms with Crippen LogP contribution < -0.4 is 0 Å². The smallest absolute Gasteiger partial charge is 0.0849 e. The quantitative estimate of drug-likeness (QED) is 0.556. The fourth-order valence-electron chi connectivity index (χ4n) is 10.5. The Morgan fingerprint density at radius 2 is 1.77 bits per heavy atom. The van der Waals surface area contributed by atoms with E-state index >= 15 is 0 Å². The van der Waals surface area contributed by atoms with Crippen molar-refractivity contribution in [2.24, 2.45) is 51.8 Å². The van der Waals surface area contributed by atoms with Gasteiger partial charge in [0.05, 0.1) is 17.8 Å². The van der Waals surface area contributed by atoms with Crippen molar-refractivity contribution in [1.29, 1.82) is 0 Å². The van der Waals surface area contributed by atoms with Crippen molar-refractivity contribution < 1.29 is 14.9 Å². The molecule has 0 aliphatic heterocycles. The Kier molecular flexibility index (Phi) is 5.25. The van der Waals surface area contributed by atoms with Gasteiger partial charge in [0, 0.05) is 12.5 Å². The molecule has 1 spiro atoms. The third kappa shape index (κ3) is 3.01. The van der Waals surface area contributed by atoms with Crippen LogP contribution in [0.3, 0.4) is 0 Å². The monoisotopic (exact) mass is 432 g/mol. The summed E-state index contributed by atoms with van der Waals surface area (Å²) in [5.74, 6) is 4.94. The molecule has 0 saturated heterocycles. The van der Waals surface area contributed by atoms with Crippen LogP contribution in [0.4, 0.5) is 0 Å². The standard InChI is InChI=1S/C28H48O3/c1-17(7-10-23(29)25(2,3)30)20-8-9-21-19-15-24(31-6)28-16-18(28)11-14-27(28,5)22(19)12-13-26(20,21)4/h17-24,29-30H,7-16H2,1-6H3/t17-,18+,19+,20-,21+,22+,23-,24-,26-,27-,28+/m1/s1. The molecule has 0 amide bonds. The van der Waals surface area contributed by atoms with Crippen molar-refractivity contribution >= 4 is 0 Å². The van der Waals surface area contributed by atoms with Crippen LogP contribution in [0.1, 0.15) is 98.8 Å². The lowest BCUT2D eigenvalue weighted by Crippen LogP contribution is -2.57. The van der Waals surface area contributed by atoms with Gasteiger partial charge in [-0.2, -0.15) is 0 Å². The van der Waals surface area contributed by atoms with Crippen molar-refractivity contribution in [2.75, 3.05) is 7.11 Å². The molecule has 5 saturated carbocycles. The van der Waals surface area contributed by atoms with Crippen LogP contribution >= 0.6 is 0 Å². The maximum absolute atomic E-state index is 10.4. The molecule has 0 aromatic carbocycles. The summed E-state index contributed by atoms with van der Waals surface area (Å²) in [7, 11) is 1.99. The highest BCUT2D eigenvalue weighted by Gasteiger charge is 2.77. The van der Waals surface area contributed by atoms with E-state index in [-0.39, 0.29) is 0 Å². The Labute approximate surface area is 190 Å². The maximum atomic E-state index is 10.4. The van der Waals surface area contributed by atoms with Crippen LogP contribution in [0.15, 0.2) is 0 Å². The van der Waals surface area contributed by atoms with Crippen molar-refractivity contribution in [1.82, 2.24) is 0 Å². The average molecular weight is 433 g/mol. The fraction of sp³-hybridized carbons (Fsp3) is 1.00. The molecule has 0 aromatic rings. The number of fused-ring (bicyclic) bond motifs is 4. The molecule has 5 aliphatic rings. The predicted octanol–water partition coefficient (Wildman–Crippen LogP) is 5.82. The normalized spacial score (nSPS) is 52.6. The van der Waals surface area contributed by atoms with Crippen LogP contribution in [-0.2, 0) is 4.74 Å². The summed E-state index contributed by atoms with van der Waals surface area (Å²) in [5.41, 5.74) is 0.490. The van der Waals surface area contributed by atoms with E-state index in [2.05, 4.69) is 20.8 Å². The van der Waals surface area contributed by atoms with Crippen LogP contribution in [0.25, 0.3) is 0 Å². The Morgan fingerprint density at radius 1 is 1.03 bits per heavy atom. The van der Waals surface area contributed by atoms with Crippen LogP contribution in [-0.4, -0.2) is 35.1 Å². The molecule has 5 fully saturated rings. The molecule has 11 atom stereocenters. The van der Waals surface area contributed by atoms with E-state index in [9.17, 15) is 10.2 Å². The summed E-state index contributed by atoms with van der Waals surface area (Å²) >= 11 is 0. The van der Waals surface area contributed by atoms with Gasteiger partial charge in [0.1, 0.15) is 0 Å². The Bertz CT molecular complexity index is 699. The Balaban J connectivity index is 1.33. The summed E-state index contributed by atoms with van der Waals surface area (Å²) in [6.07, 6.45) is 12.8. The summed E-state index contributed by atoms with van der Waals surface area (Å²) in [5, 5.41) is 20.5. The molecule has 0 heterocycles. The zero-order valence-corrected chi connectivity index (χ0v) is 21.0. The van der Waals surface area contributed by atoms with E-state index in [0.29, 0.717) is 34.7 Å². The molecule has 2 N–H and O–H groups in total. The summed E-state index contributed by atoms with van der Waals surface area (Å²) in [6.45, 7) is 11.2. The highest BCUT2D eigenvalue weighted by atomic mass is 16.5. The van der Waals surface area contributed by atoms with Gasteiger partial charge in [-0.1, -0.05) is 20.8 Å². The molecule has 3 nitrogen and oxygen atoms in total. The molecule has 3 heteroatoms. The molecule has 0 aromatic heterocycles. The van der Waals surface area contributed by atoms with Crippen LogP contribution in [0, 0.1) is 51.8 Å².